The van der Waals surface area contributed by atoms with E-state index in [9.17, 15) is 9.90 Å². The maximum Gasteiger partial charge on any atom is 0.257 e. The van der Waals surface area contributed by atoms with Gasteiger partial charge >= 0.3 is 0 Å². The van der Waals surface area contributed by atoms with Gasteiger partial charge in [-0.25, -0.2) is 0 Å². The molecule has 2 N–H and O–H groups in total. The van der Waals surface area contributed by atoms with Crippen LogP contribution in [0.5, 0.6) is 5.75 Å². The number of carbonyl (C=O) groups is 1. The number of para-hydroxylation sites is 1. The van der Waals surface area contributed by atoms with Crippen molar-refractivity contribution < 1.29 is 14.6 Å². The third kappa shape index (κ3) is 5.28. The number of hydrogen-bond acceptors (Lipinski definition) is 3. The summed E-state index contributed by atoms with van der Waals surface area (Å²) >= 11 is 0. The van der Waals surface area contributed by atoms with E-state index in [0.29, 0.717) is 18.7 Å². The molecule has 0 saturated carbocycles. The lowest BCUT2D eigenvalue weighted by Crippen LogP contribution is -2.30. The summed E-state index contributed by atoms with van der Waals surface area (Å²) in [6.45, 7) is 0.387. The Labute approximate surface area is 124 Å². The zero-order chi connectivity index (χ0) is 14.9. The molecule has 0 saturated heterocycles. The second-order valence-electron chi connectivity index (χ2n) is 4.67. The highest BCUT2D eigenvalue weighted by molar-refractivity contribution is 5.77. The molecule has 0 spiro atoms. The second kappa shape index (κ2) is 8.07. The fourth-order valence-electron chi connectivity index (χ4n) is 1.91. The fourth-order valence-corrected chi connectivity index (χ4v) is 1.91. The first kappa shape index (κ1) is 15.1. The third-order valence-corrected chi connectivity index (χ3v) is 3.04. The predicted octanol–water partition coefficient (Wildman–Crippen LogP) is 2.31. The van der Waals surface area contributed by atoms with Gasteiger partial charge in [-0.2, -0.15) is 0 Å². The van der Waals surface area contributed by atoms with E-state index in [4.69, 9.17) is 4.74 Å². The highest BCUT2D eigenvalue weighted by Gasteiger charge is 2.08. The van der Waals surface area contributed by atoms with Gasteiger partial charge in [-0.05, 0) is 24.1 Å². The van der Waals surface area contributed by atoms with Crippen LogP contribution in [0.15, 0.2) is 60.7 Å². The number of nitrogens with one attached hydrogen (secondary N) is 1. The molecule has 0 aliphatic heterocycles. The predicted molar refractivity (Wildman–Crippen MR) is 81.0 cm³/mol. The third-order valence-electron chi connectivity index (χ3n) is 3.04. The van der Waals surface area contributed by atoms with Crippen LogP contribution in [-0.4, -0.2) is 24.2 Å². The van der Waals surface area contributed by atoms with Gasteiger partial charge < -0.3 is 15.2 Å². The summed E-state index contributed by atoms with van der Waals surface area (Å²) in [6.07, 6.45) is -0.0947. The van der Waals surface area contributed by atoms with Gasteiger partial charge in [0.2, 0.25) is 0 Å². The van der Waals surface area contributed by atoms with Crippen molar-refractivity contribution >= 4 is 5.91 Å². The van der Waals surface area contributed by atoms with E-state index in [1.54, 1.807) is 12.1 Å². The Bertz CT molecular complexity index is 542. The van der Waals surface area contributed by atoms with Crippen molar-refractivity contribution in [3.63, 3.8) is 0 Å². The largest absolute Gasteiger partial charge is 0.484 e. The number of aliphatic hydroxyl groups excluding tert-OH is 1. The minimum Gasteiger partial charge on any atom is -0.484 e. The molecule has 0 aliphatic rings. The van der Waals surface area contributed by atoms with Gasteiger partial charge in [-0.1, -0.05) is 48.5 Å². The van der Waals surface area contributed by atoms with Crippen LogP contribution in [0.3, 0.4) is 0 Å². The molecule has 0 radical (unpaired) electrons. The highest BCUT2D eigenvalue weighted by atomic mass is 16.5. The van der Waals surface area contributed by atoms with Crippen LogP contribution in [0.2, 0.25) is 0 Å². The van der Waals surface area contributed by atoms with E-state index in [-0.39, 0.29) is 12.5 Å². The van der Waals surface area contributed by atoms with Crippen molar-refractivity contribution in [2.45, 2.75) is 12.5 Å². The number of benzene rings is 2. The van der Waals surface area contributed by atoms with Gasteiger partial charge in [0.15, 0.2) is 6.61 Å². The molecule has 4 heteroatoms. The van der Waals surface area contributed by atoms with E-state index in [1.807, 2.05) is 48.5 Å². The van der Waals surface area contributed by atoms with Crippen LogP contribution >= 0.6 is 0 Å². The Morgan fingerprint density at radius 3 is 2.33 bits per heavy atom. The van der Waals surface area contributed by atoms with Crippen molar-refractivity contribution in [3.8, 4) is 5.75 Å². The van der Waals surface area contributed by atoms with Crippen LogP contribution in [0, 0.1) is 0 Å². The van der Waals surface area contributed by atoms with Crippen LogP contribution in [0.4, 0.5) is 0 Å². The number of ether oxygens (including phenoxy) is 1. The highest BCUT2D eigenvalue weighted by Crippen LogP contribution is 2.14. The molecule has 1 amide bonds. The first-order chi connectivity index (χ1) is 10.3. The number of amides is 1. The SMILES string of the molecule is O=C(COc1ccccc1)NCCC(O)c1ccccc1. The topological polar surface area (TPSA) is 58.6 Å². The van der Waals surface area contributed by atoms with E-state index < -0.39 is 6.10 Å². The molecule has 2 aromatic rings. The smallest absolute Gasteiger partial charge is 0.257 e. The molecule has 4 nitrogen and oxygen atoms in total. The summed E-state index contributed by atoms with van der Waals surface area (Å²) in [7, 11) is 0. The van der Waals surface area contributed by atoms with Gasteiger partial charge in [0.25, 0.3) is 5.91 Å². The standard InChI is InChI=1S/C17H19NO3/c19-16(14-7-3-1-4-8-14)11-12-18-17(20)13-21-15-9-5-2-6-10-15/h1-10,16,19H,11-13H2,(H,18,20). The molecular formula is C17H19NO3. The average molecular weight is 285 g/mol. The Morgan fingerprint density at radius 1 is 1.05 bits per heavy atom. The van der Waals surface area contributed by atoms with Gasteiger partial charge in [0.1, 0.15) is 5.75 Å². The molecule has 1 atom stereocenters. The van der Waals surface area contributed by atoms with Crippen LogP contribution < -0.4 is 10.1 Å². The molecule has 0 heterocycles. The molecule has 110 valence electrons. The first-order valence-electron chi connectivity index (χ1n) is 6.93. The van der Waals surface area contributed by atoms with Crippen LogP contribution in [-0.2, 0) is 4.79 Å². The zero-order valence-electron chi connectivity index (χ0n) is 11.7. The Kier molecular flexibility index (Phi) is 5.79. The number of carbonyl (C=O) groups excluding carboxylic acids is 1. The quantitative estimate of drug-likeness (QED) is 0.820. The zero-order valence-corrected chi connectivity index (χ0v) is 11.7. The molecule has 0 bridgehead atoms. The van der Waals surface area contributed by atoms with Crippen molar-refractivity contribution in [1.82, 2.24) is 5.32 Å². The summed E-state index contributed by atoms with van der Waals surface area (Å²) in [4.78, 5) is 11.6. The van der Waals surface area contributed by atoms with E-state index in [0.717, 1.165) is 5.56 Å². The van der Waals surface area contributed by atoms with Crippen LogP contribution in [0.25, 0.3) is 0 Å². The minimum absolute atomic E-state index is 0.0224. The van der Waals surface area contributed by atoms with E-state index in [2.05, 4.69) is 5.32 Å². The van der Waals surface area contributed by atoms with Crippen molar-refractivity contribution in [2.75, 3.05) is 13.2 Å². The fraction of sp³-hybridized carbons (Fsp3) is 0.235. The lowest BCUT2D eigenvalue weighted by molar-refractivity contribution is -0.123. The summed E-state index contributed by atoms with van der Waals surface area (Å²) in [5, 5.41) is 12.7. The van der Waals surface area contributed by atoms with E-state index in [1.165, 1.54) is 0 Å². The molecule has 21 heavy (non-hydrogen) atoms. The molecule has 0 aromatic heterocycles. The van der Waals surface area contributed by atoms with Crippen molar-refractivity contribution in [3.05, 3.63) is 66.2 Å². The van der Waals surface area contributed by atoms with Crippen molar-refractivity contribution in [1.29, 1.82) is 0 Å². The minimum atomic E-state index is -0.568. The monoisotopic (exact) mass is 285 g/mol. The summed E-state index contributed by atoms with van der Waals surface area (Å²) in [5.74, 6) is 0.469. The second-order valence-corrected chi connectivity index (χ2v) is 4.67. The lowest BCUT2D eigenvalue weighted by atomic mass is 10.1. The Hall–Kier alpha value is -2.33. The van der Waals surface area contributed by atoms with Crippen LogP contribution in [0.1, 0.15) is 18.1 Å². The number of aliphatic hydroxyl groups is 1. The first-order valence-corrected chi connectivity index (χ1v) is 6.93. The molecule has 0 fully saturated rings. The molecule has 2 aromatic carbocycles. The Morgan fingerprint density at radius 2 is 1.67 bits per heavy atom. The number of rotatable bonds is 7. The maximum atomic E-state index is 11.6. The van der Waals surface area contributed by atoms with Gasteiger partial charge in [0, 0.05) is 6.54 Å². The van der Waals surface area contributed by atoms with Gasteiger partial charge in [0.05, 0.1) is 6.10 Å². The summed E-state index contributed by atoms with van der Waals surface area (Å²) in [6, 6.07) is 18.6. The summed E-state index contributed by atoms with van der Waals surface area (Å²) < 4.78 is 5.34. The Balaban J connectivity index is 1.65. The maximum absolute atomic E-state index is 11.6. The van der Waals surface area contributed by atoms with Gasteiger partial charge in [-0.15, -0.1) is 0 Å². The lowest BCUT2D eigenvalue weighted by Gasteiger charge is -2.12. The van der Waals surface area contributed by atoms with E-state index >= 15 is 0 Å². The average Bonchev–Trinajstić information content (AvgIpc) is 2.54. The normalized spacial score (nSPS) is 11.7. The molecule has 0 aliphatic carbocycles. The molecule has 2 rings (SSSR count). The van der Waals surface area contributed by atoms with Gasteiger partial charge in [-0.3, -0.25) is 4.79 Å². The molecular weight excluding hydrogens is 266 g/mol. The molecule has 1 unspecified atom stereocenters. The summed E-state index contributed by atoms with van der Waals surface area (Å²) in [5.41, 5.74) is 0.854. The van der Waals surface area contributed by atoms with Crippen molar-refractivity contribution in [2.24, 2.45) is 0 Å². The number of hydrogen-bond donors (Lipinski definition) is 2.